The number of nitrogens with one attached hydrogen (secondary N) is 2. The van der Waals surface area contributed by atoms with Gasteiger partial charge in [0.25, 0.3) is 0 Å². The first-order valence-electron chi connectivity index (χ1n) is 9.87. The molecule has 2 bridgehead atoms. The standard InChI is InChI=1S/C23H20F2N4O/c24-20-8-15(5-6-16(20)11-26)14-3-1-13(2-4-14)7-18(12-27)29-23(30)22-19-9-17(28-22)10-21(19)25/h1-6,8,17-19,21-22,28H,7,9-10H2,(H,29,30)/t17-,18-,19+,21+,22?/m0/s1. The van der Waals surface area contributed by atoms with E-state index < -0.39 is 24.1 Å². The Morgan fingerprint density at radius 1 is 1.17 bits per heavy atom. The van der Waals surface area contributed by atoms with E-state index in [-0.39, 0.29) is 23.4 Å². The molecule has 1 aliphatic carbocycles. The maximum atomic E-state index is 13.9. The number of fused-ring (bicyclic) bond motifs is 2. The first-order chi connectivity index (χ1) is 14.5. The van der Waals surface area contributed by atoms with E-state index in [2.05, 4.69) is 16.7 Å². The highest BCUT2D eigenvalue weighted by atomic mass is 19.1. The summed E-state index contributed by atoms with van der Waals surface area (Å²) in [5, 5.41) is 24.1. The van der Waals surface area contributed by atoms with Crippen molar-refractivity contribution in [2.45, 2.75) is 43.6 Å². The molecule has 2 N–H and O–H groups in total. The Morgan fingerprint density at radius 2 is 1.90 bits per heavy atom. The zero-order valence-electron chi connectivity index (χ0n) is 16.1. The van der Waals surface area contributed by atoms with Crippen molar-refractivity contribution in [2.75, 3.05) is 0 Å². The van der Waals surface area contributed by atoms with Crippen molar-refractivity contribution in [3.05, 3.63) is 59.4 Å². The predicted octanol–water partition coefficient (Wildman–Crippen LogP) is 3.00. The molecular formula is C23H20F2N4O. The maximum absolute atomic E-state index is 13.9. The number of piperidine rings is 1. The molecule has 1 amide bonds. The molecule has 152 valence electrons. The molecule has 1 saturated heterocycles. The molecule has 7 heteroatoms. The summed E-state index contributed by atoms with van der Waals surface area (Å²) in [6.45, 7) is 0. The van der Waals surface area contributed by atoms with Gasteiger partial charge >= 0.3 is 0 Å². The number of alkyl halides is 1. The van der Waals surface area contributed by atoms with Crippen molar-refractivity contribution in [3.63, 3.8) is 0 Å². The van der Waals surface area contributed by atoms with E-state index in [1.807, 2.05) is 12.1 Å². The van der Waals surface area contributed by atoms with Crippen LogP contribution in [0.5, 0.6) is 0 Å². The fourth-order valence-electron chi connectivity index (χ4n) is 4.39. The first-order valence-corrected chi connectivity index (χ1v) is 9.87. The lowest BCUT2D eigenvalue weighted by molar-refractivity contribution is -0.125. The van der Waals surface area contributed by atoms with Crippen LogP contribution in [0, 0.1) is 34.4 Å². The van der Waals surface area contributed by atoms with Crippen molar-refractivity contribution in [3.8, 4) is 23.3 Å². The van der Waals surface area contributed by atoms with Gasteiger partial charge < -0.3 is 10.6 Å². The number of amides is 1. The molecule has 1 heterocycles. The molecule has 0 radical (unpaired) electrons. The summed E-state index contributed by atoms with van der Waals surface area (Å²) in [6, 6.07) is 14.3. The van der Waals surface area contributed by atoms with Crippen LogP contribution in [-0.4, -0.2) is 30.2 Å². The molecule has 5 atom stereocenters. The van der Waals surface area contributed by atoms with Gasteiger partial charge in [-0.3, -0.25) is 4.79 Å². The second kappa shape index (κ2) is 8.22. The monoisotopic (exact) mass is 406 g/mol. The van der Waals surface area contributed by atoms with Gasteiger partial charge in [0, 0.05) is 18.4 Å². The molecule has 2 aromatic rings. The largest absolute Gasteiger partial charge is 0.339 e. The topological polar surface area (TPSA) is 88.7 Å². The molecule has 5 nitrogen and oxygen atoms in total. The third kappa shape index (κ3) is 3.90. The van der Waals surface area contributed by atoms with E-state index in [9.17, 15) is 18.8 Å². The van der Waals surface area contributed by atoms with Gasteiger partial charge in [-0.1, -0.05) is 30.3 Å². The minimum Gasteiger partial charge on any atom is -0.339 e. The summed E-state index contributed by atoms with van der Waals surface area (Å²) in [5.41, 5.74) is 2.25. The molecular weight excluding hydrogens is 386 g/mol. The fraction of sp³-hybridized carbons (Fsp3) is 0.348. The third-order valence-corrected chi connectivity index (χ3v) is 5.95. The van der Waals surface area contributed by atoms with E-state index in [0.29, 0.717) is 24.8 Å². The van der Waals surface area contributed by atoms with Crippen LogP contribution in [0.2, 0.25) is 0 Å². The summed E-state index contributed by atoms with van der Waals surface area (Å²) in [7, 11) is 0. The molecule has 4 rings (SSSR count). The fourth-order valence-corrected chi connectivity index (χ4v) is 4.39. The molecule has 0 spiro atoms. The molecule has 2 aliphatic rings. The Balaban J connectivity index is 1.39. The zero-order chi connectivity index (χ0) is 21.3. The van der Waals surface area contributed by atoms with E-state index in [4.69, 9.17) is 5.26 Å². The lowest BCUT2D eigenvalue weighted by atomic mass is 9.96. The summed E-state index contributed by atoms with van der Waals surface area (Å²) in [6.07, 6.45) is 0.455. The number of rotatable bonds is 5. The van der Waals surface area contributed by atoms with Crippen molar-refractivity contribution >= 4 is 5.91 Å². The summed E-state index contributed by atoms with van der Waals surface area (Å²) < 4.78 is 27.8. The quantitative estimate of drug-likeness (QED) is 0.799. The van der Waals surface area contributed by atoms with Crippen LogP contribution < -0.4 is 10.6 Å². The second-order valence-corrected chi connectivity index (χ2v) is 7.89. The predicted molar refractivity (Wildman–Crippen MR) is 106 cm³/mol. The van der Waals surface area contributed by atoms with E-state index in [1.54, 1.807) is 24.3 Å². The second-order valence-electron chi connectivity index (χ2n) is 7.89. The lowest BCUT2D eigenvalue weighted by Crippen LogP contribution is -2.52. The van der Waals surface area contributed by atoms with Gasteiger partial charge in [0.2, 0.25) is 5.91 Å². The van der Waals surface area contributed by atoms with Gasteiger partial charge in [-0.2, -0.15) is 10.5 Å². The zero-order valence-corrected chi connectivity index (χ0v) is 16.1. The minimum absolute atomic E-state index is 0.00738. The highest BCUT2D eigenvalue weighted by Crippen LogP contribution is 2.37. The third-order valence-electron chi connectivity index (χ3n) is 5.95. The minimum atomic E-state index is -0.966. The van der Waals surface area contributed by atoms with Crippen LogP contribution in [0.15, 0.2) is 42.5 Å². The Hall–Kier alpha value is -3.29. The molecule has 30 heavy (non-hydrogen) atoms. The normalized spacial score (nSPS) is 25.3. The van der Waals surface area contributed by atoms with Crippen LogP contribution >= 0.6 is 0 Å². The molecule has 1 unspecified atom stereocenters. The maximum Gasteiger partial charge on any atom is 0.238 e. The Kier molecular flexibility index (Phi) is 5.48. The Labute approximate surface area is 173 Å². The number of nitrogens with zero attached hydrogens (tertiary/aromatic N) is 2. The highest BCUT2D eigenvalue weighted by Gasteiger charge is 2.49. The number of hydrogen-bond donors (Lipinski definition) is 2. The average Bonchev–Trinajstić information content (AvgIpc) is 3.33. The van der Waals surface area contributed by atoms with Crippen molar-refractivity contribution in [1.29, 1.82) is 10.5 Å². The lowest BCUT2D eigenvalue weighted by Gasteiger charge is -2.26. The summed E-state index contributed by atoms with van der Waals surface area (Å²) in [5.74, 6) is -1.22. The van der Waals surface area contributed by atoms with Crippen LogP contribution in [0.1, 0.15) is 24.0 Å². The average molecular weight is 406 g/mol. The van der Waals surface area contributed by atoms with Crippen LogP contribution in [0.4, 0.5) is 8.78 Å². The van der Waals surface area contributed by atoms with Crippen LogP contribution in [0.3, 0.4) is 0 Å². The van der Waals surface area contributed by atoms with Crippen LogP contribution in [-0.2, 0) is 11.2 Å². The van der Waals surface area contributed by atoms with E-state index in [0.717, 1.165) is 11.1 Å². The van der Waals surface area contributed by atoms with Crippen molar-refractivity contribution in [2.24, 2.45) is 5.92 Å². The van der Waals surface area contributed by atoms with Gasteiger partial charge in [0.1, 0.15) is 24.1 Å². The molecule has 1 saturated carbocycles. The smallest absolute Gasteiger partial charge is 0.238 e. The first kappa shape index (κ1) is 20.0. The SMILES string of the molecule is N#Cc1ccc(-c2ccc(C[C@@H](C#N)NC(=O)C3N[C@@H]4C[C@@H](F)[C@H]3C4)cc2)cc1F. The summed E-state index contributed by atoms with van der Waals surface area (Å²) >= 11 is 0. The molecule has 2 aromatic carbocycles. The van der Waals surface area contributed by atoms with E-state index >= 15 is 0 Å². The van der Waals surface area contributed by atoms with Gasteiger partial charge in [-0.15, -0.1) is 0 Å². The van der Waals surface area contributed by atoms with E-state index in [1.165, 1.54) is 12.1 Å². The number of nitriles is 2. The van der Waals surface area contributed by atoms with Gasteiger partial charge in [-0.05, 0) is 41.7 Å². The van der Waals surface area contributed by atoms with Crippen molar-refractivity contribution in [1.82, 2.24) is 10.6 Å². The molecule has 2 fully saturated rings. The van der Waals surface area contributed by atoms with Crippen LogP contribution in [0.25, 0.3) is 11.1 Å². The number of halogens is 2. The number of carbonyl (C=O) groups is 1. The van der Waals surface area contributed by atoms with Gasteiger partial charge in [-0.25, -0.2) is 8.78 Å². The van der Waals surface area contributed by atoms with Gasteiger partial charge in [0.15, 0.2) is 0 Å². The highest BCUT2D eigenvalue weighted by molar-refractivity contribution is 5.83. The Morgan fingerprint density at radius 3 is 2.50 bits per heavy atom. The number of carbonyl (C=O) groups excluding carboxylic acids is 1. The number of hydrogen-bond acceptors (Lipinski definition) is 4. The number of benzene rings is 2. The Bertz CT molecular complexity index is 1040. The van der Waals surface area contributed by atoms with Crippen molar-refractivity contribution < 1.29 is 13.6 Å². The van der Waals surface area contributed by atoms with Gasteiger partial charge in [0.05, 0.1) is 17.7 Å². The molecule has 1 aliphatic heterocycles. The molecule has 0 aromatic heterocycles. The summed E-state index contributed by atoms with van der Waals surface area (Å²) in [4.78, 5) is 12.5.